The van der Waals surface area contributed by atoms with Crippen molar-refractivity contribution in [3.63, 3.8) is 0 Å². The molecular formula is C21H14ClNO6. The quantitative estimate of drug-likeness (QED) is 0.474. The van der Waals surface area contributed by atoms with E-state index in [9.17, 15) is 14.4 Å². The predicted octanol–water partition coefficient (Wildman–Crippen LogP) is 3.94. The standard InChI is InChI=1S/C21H14ClNO6/c1-27-20(25)17-13-5-3-4-8-23(13)19(18(17)21(26)28-2)16-10-14(24)12-9-11(22)6-7-15(12)29-16/h3-10H,1-2H3. The van der Waals surface area contributed by atoms with Crippen LogP contribution in [0.2, 0.25) is 5.02 Å². The molecule has 0 aliphatic rings. The van der Waals surface area contributed by atoms with E-state index in [1.807, 2.05) is 0 Å². The van der Waals surface area contributed by atoms with Crippen LogP contribution in [0.25, 0.3) is 27.9 Å². The van der Waals surface area contributed by atoms with Gasteiger partial charge in [-0.05, 0) is 30.3 Å². The molecule has 4 aromatic rings. The van der Waals surface area contributed by atoms with Crippen LogP contribution in [0.3, 0.4) is 0 Å². The smallest absolute Gasteiger partial charge is 0.341 e. The van der Waals surface area contributed by atoms with Crippen LogP contribution in [0.15, 0.2) is 57.9 Å². The molecule has 0 bridgehead atoms. The number of halogens is 1. The summed E-state index contributed by atoms with van der Waals surface area (Å²) in [5.41, 5.74) is 0.537. The van der Waals surface area contributed by atoms with Crippen LogP contribution < -0.4 is 5.43 Å². The minimum atomic E-state index is -0.761. The zero-order valence-electron chi connectivity index (χ0n) is 15.4. The second kappa shape index (κ2) is 7.10. The number of hydrogen-bond donors (Lipinski definition) is 0. The highest BCUT2D eigenvalue weighted by Gasteiger charge is 2.31. The number of pyridine rings is 1. The number of hydrogen-bond acceptors (Lipinski definition) is 6. The molecule has 0 radical (unpaired) electrons. The molecule has 0 saturated heterocycles. The highest BCUT2D eigenvalue weighted by atomic mass is 35.5. The average Bonchev–Trinajstić information content (AvgIpc) is 3.08. The van der Waals surface area contributed by atoms with Crippen LogP contribution in [0, 0.1) is 0 Å². The second-order valence-electron chi connectivity index (χ2n) is 6.15. The van der Waals surface area contributed by atoms with Gasteiger partial charge < -0.3 is 18.3 Å². The number of aromatic nitrogens is 1. The van der Waals surface area contributed by atoms with E-state index in [1.165, 1.54) is 26.4 Å². The Bertz CT molecular complexity index is 1350. The van der Waals surface area contributed by atoms with Crippen molar-refractivity contribution in [2.75, 3.05) is 14.2 Å². The molecular weight excluding hydrogens is 398 g/mol. The van der Waals surface area contributed by atoms with Crippen LogP contribution >= 0.6 is 11.6 Å². The van der Waals surface area contributed by atoms with Crippen molar-refractivity contribution in [3.8, 4) is 11.5 Å². The van der Waals surface area contributed by atoms with Crippen molar-refractivity contribution in [3.05, 3.63) is 75.0 Å². The van der Waals surface area contributed by atoms with Gasteiger partial charge >= 0.3 is 11.9 Å². The Morgan fingerprint density at radius 1 is 1.00 bits per heavy atom. The van der Waals surface area contributed by atoms with E-state index in [2.05, 4.69) is 0 Å². The van der Waals surface area contributed by atoms with Crippen LogP contribution in [0.5, 0.6) is 0 Å². The monoisotopic (exact) mass is 411 g/mol. The predicted molar refractivity (Wildman–Crippen MR) is 107 cm³/mol. The molecule has 8 heteroatoms. The fraction of sp³-hybridized carbons (Fsp3) is 0.0952. The first-order valence-corrected chi connectivity index (χ1v) is 8.87. The Kier molecular flexibility index (Phi) is 4.60. The maximum atomic E-state index is 12.7. The fourth-order valence-corrected chi connectivity index (χ4v) is 3.48. The zero-order chi connectivity index (χ0) is 20.7. The van der Waals surface area contributed by atoms with Gasteiger partial charge in [0.15, 0.2) is 11.2 Å². The molecule has 7 nitrogen and oxygen atoms in total. The third-order valence-corrected chi connectivity index (χ3v) is 4.78. The maximum Gasteiger partial charge on any atom is 0.341 e. The van der Waals surface area contributed by atoms with Crippen molar-refractivity contribution in [2.45, 2.75) is 0 Å². The van der Waals surface area contributed by atoms with E-state index in [0.717, 1.165) is 0 Å². The second-order valence-corrected chi connectivity index (χ2v) is 6.59. The average molecular weight is 412 g/mol. The molecule has 0 unspecified atom stereocenters. The summed E-state index contributed by atoms with van der Waals surface area (Å²) < 4.78 is 17.3. The normalized spacial score (nSPS) is 11.0. The molecule has 0 aliphatic heterocycles. The molecule has 0 spiro atoms. The highest BCUT2D eigenvalue weighted by molar-refractivity contribution is 6.31. The third kappa shape index (κ3) is 2.96. The van der Waals surface area contributed by atoms with E-state index in [0.29, 0.717) is 21.5 Å². The van der Waals surface area contributed by atoms with Crippen molar-refractivity contribution in [1.82, 2.24) is 4.40 Å². The van der Waals surface area contributed by atoms with Gasteiger partial charge in [-0.3, -0.25) is 4.79 Å². The van der Waals surface area contributed by atoms with E-state index in [4.69, 9.17) is 25.5 Å². The van der Waals surface area contributed by atoms with E-state index in [-0.39, 0.29) is 28.0 Å². The lowest BCUT2D eigenvalue weighted by molar-refractivity contribution is 0.0558. The zero-order valence-corrected chi connectivity index (χ0v) is 16.1. The number of esters is 2. The van der Waals surface area contributed by atoms with Gasteiger partial charge in [-0.1, -0.05) is 17.7 Å². The number of ether oxygens (including phenoxy) is 2. The number of rotatable bonds is 3. The first-order chi connectivity index (χ1) is 14.0. The Balaban J connectivity index is 2.15. The highest BCUT2D eigenvalue weighted by Crippen LogP contribution is 2.34. The summed E-state index contributed by atoms with van der Waals surface area (Å²) in [6, 6.07) is 11.0. The molecule has 3 aromatic heterocycles. The Morgan fingerprint density at radius 2 is 1.72 bits per heavy atom. The van der Waals surface area contributed by atoms with Gasteiger partial charge in [-0.15, -0.1) is 0 Å². The minimum absolute atomic E-state index is 0.0220. The molecule has 0 N–H and O–H groups in total. The van der Waals surface area contributed by atoms with Gasteiger partial charge in [0.2, 0.25) is 0 Å². The number of carbonyl (C=O) groups excluding carboxylic acids is 2. The number of benzene rings is 1. The number of methoxy groups -OCH3 is 2. The Morgan fingerprint density at radius 3 is 2.45 bits per heavy atom. The SMILES string of the molecule is COC(=O)c1c(C(=O)OC)c2ccccn2c1-c1cc(=O)c2cc(Cl)ccc2o1. The van der Waals surface area contributed by atoms with Gasteiger partial charge in [0.1, 0.15) is 22.4 Å². The summed E-state index contributed by atoms with van der Waals surface area (Å²) in [5.74, 6) is -1.38. The minimum Gasteiger partial charge on any atom is -0.465 e. The van der Waals surface area contributed by atoms with E-state index < -0.39 is 11.9 Å². The van der Waals surface area contributed by atoms with Gasteiger partial charge in [-0.25, -0.2) is 9.59 Å². The maximum absolute atomic E-state index is 12.7. The lowest BCUT2D eigenvalue weighted by Crippen LogP contribution is -2.11. The molecule has 3 heterocycles. The number of fused-ring (bicyclic) bond motifs is 2. The number of nitrogens with zero attached hydrogens (tertiary/aromatic N) is 1. The summed E-state index contributed by atoms with van der Waals surface area (Å²) in [6.45, 7) is 0. The summed E-state index contributed by atoms with van der Waals surface area (Å²) in [6.07, 6.45) is 1.65. The fourth-order valence-electron chi connectivity index (χ4n) is 3.31. The van der Waals surface area contributed by atoms with Gasteiger partial charge in [0.05, 0.1) is 25.1 Å². The molecule has 1 aromatic carbocycles. The van der Waals surface area contributed by atoms with Crippen molar-refractivity contribution >= 4 is 40.0 Å². The van der Waals surface area contributed by atoms with Crippen LogP contribution in [0.1, 0.15) is 20.7 Å². The van der Waals surface area contributed by atoms with Gasteiger partial charge in [-0.2, -0.15) is 0 Å². The molecule has 0 fully saturated rings. The largest absolute Gasteiger partial charge is 0.465 e. The lowest BCUT2D eigenvalue weighted by Gasteiger charge is -2.07. The van der Waals surface area contributed by atoms with Crippen molar-refractivity contribution in [1.29, 1.82) is 0 Å². The summed E-state index contributed by atoms with van der Waals surface area (Å²) in [4.78, 5) is 37.8. The molecule has 4 rings (SSSR count). The molecule has 29 heavy (non-hydrogen) atoms. The summed E-state index contributed by atoms with van der Waals surface area (Å²) >= 11 is 5.97. The van der Waals surface area contributed by atoms with E-state index in [1.54, 1.807) is 40.9 Å². The van der Waals surface area contributed by atoms with Gasteiger partial charge in [0.25, 0.3) is 0 Å². The lowest BCUT2D eigenvalue weighted by atomic mass is 10.1. The van der Waals surface area contributed by atoms with Crippen molar-refractivity contribution < 1.29 is 23.5 Å². The topological polar surface area (TPSA) is 87.2 Å². The first kappa shape index (κ1) is 18.8. The first-order valence-electron chi connectivity index (χ1n) is 8.49. The molecule has 0 saturated carbocycles. The molecule has 0 atom stereocenters. The molecule has 0 amide bonds. The third-order valence-electron chi connectivity index (χ3n) is 4.55. The van der Waals surface area contributed by atoms with Crippen LogP contribution in [-0.2, 0) is 9.47 Å². The van der Waals surface area contributed by atoms with Gasteiger partial charge in [0, 0.05) is 17.3 Å². The molecule has 146 valence electrons. The number of carbonyl (C=O) groups is 2. The van der Waals surface area contributed by atoms with Crippen LogP contribution in [-0.4, -0.2) is 30.6 Å². The summed E-state index contributed by atoms with van der Waals surface area (Å²) in [5, 5.41) is 0.698. The van der Waals surface area contributed by atoms with Crippen molar-refractivity contribution in [2.24, 2.45) is 0 Å². The molecule has 0 aliphatic carbocycles. The summed E-state index contributed by atoms with van der Waals surface area (Å²) in [7, 11) is 2.42. The van der Waals surface area contributed by atoms with Crippen LogP contribution in [0.4, 0.5) is 0 Å². The Hall–Kier alpha value is -3.58. The Labute approximate surface area is 169 Å². The van der Waals surface area contributed by atoms with E-state index >= 15 is 0 Å².